The van der Waals surface area contributed by atoms with Gasteiger partial charge >= 0.3 is 18.4 Å². The maximum absolute atomic E-state index is 13.1. The first-order valence-corrected chi connectivity index (χ1v) is 9.43. The van der Waals surface area contributed by atoms with Gasteiger partial charge in [0.25, 0.3) is 0 Å². The number of benzene rings is 2. The highest BCUT2D eigenvalue weighted by molar-refractivity contribution is 5.99. The summed E-state index contributed by atoms with van der Waals surface area (Å²) in [5.74, 6) is 0. The van der Waals surface area contributed by atoms with Gasteiger partial charge in [0.05, 0.1) is 29.5 Å². The number of hydrogen-bond donors (Lipinski definition) is 1. The first-order valence-electron chi connectivity index (χ1n) is 9.43. The third-order valence-corrected chi connectivity index (χ3v) is 4.57. The van der Waals surface area contributed by atoms with Crippen molar-refractivity contribution in [3.63, 3.8) is 0 Å². The SMILES string of the molecule is C/C=C\OCCc1cn(C(=O)Nc2cc(C(F)(F)F)cc(C(F)(F)F)c2)c2ccccc12. The maximum atomic E-state index is 13.1. The zero-order valence-electron chi connectivity index (χ0n) is 16.7. The summed E-state index contributed by atoms with van der Waals surface area (Å²) >= 11 is 0. The smallest absolute Gasteiger partial charge is 0.416 e. The molecule has 0 saturated heterocycles. The Morgan fingerprint density at radius 2 is 1.66 bits per heavy atom. The molecule has 1 N–H and O–H groups in total. The van der Waals surface area contributed by atoms with Gasteiger partial charge in [-0.15, -0.1) is 0 Å². The van der Waals surface area contributed by atoms with Crippen molar-refractivity contribution in [3.05, 3.63) is 77.7 Å². The molecule has 1 amide bonds. The van der Waals surface area contributed by atoms with Gasteiger partial charge in [0.1, 0.15) is 0 Å². The van der Waals surface area contributed by atoms with E-state index in [0.29, 0.717) is 36.1 Å². The number of carbonyl (C=O) groups excluding carboxylic acids is 1. The van der Waals surface area contributed by atoms with Gasteiger partial charge in [-0.3, -0.25) is 4.57 Å². The standard InChI is InChI=1S/C22H18F6N2O2/c1-2-8-32-9-7-14-13-30(19-6-4-3-5-18(14)19)20(31)29-17-11-15(21(23,24)25)10-16(12-17)22(26,27)28/h2-6,8,10-13H,7,9H2,1H3,(H,29,31)/b8-2-. The van der Waals surface area contributed by atoms with Gasteiger partial charge in [0.2, 0.25) is 0 Å². The second-order valence-electron chi connectivity index (χ2n) is 6.86. The van der Waals surface area contributed by atoms with E-state index in [4.69, 9.17) is 4.74 Å². The number of anilines is 1. The highest BCUT2D eigenvalue weighted by Gasteiger charge is 2.37. The summed E-state index contributed by atoms with van der Waals surface area (Å²) in [6, 6.07) is 6.84. The fraction of sp³-hybridized carbons (Fsp3) is 0.227. The van der Waals surface area contributed by atoms with Gasteiger partial charge in [-0.05, 0) is 36.8 Å². The molecule has 0 aliphatic heterocycles. The molecule has 10 heteroatoms. The minimum absolute atomic E-state index is 0.00354. The molecule has 1 aromatic heterocycles. The molecule has 4 nitrogen and oxygen atoms in total. The lowest BCUT2D eigenvalue weighted by Gasteiger charge is -2.15. The van der Waals surface area contributed by atoms with Crippen LogP contribution in [0, 0.1) is 0 Å². The van der Waals surface area contributed by atoms with E-state index in [1.54, 1.807) is 37.3 Å². The lowest BCUT2D eigenvalue weighted by molar-refractivity contribution is -0.143. The fourth-order valence-electron chi connectivity index (χ4n) is 3.16. The number of para-hydroxylation sites is 1. The molecule has 2 aromatic carbocycles. The number of amides is 1. The number of alkyl halides is 6. The molecule has 0 radical (unpaired) electrons. The molecule has 3 aromatic rings. The Morgan fingerprint density at radius 3 is 2.25 bits per heavy atom. The Morgan fingerprint density at radius 1 is 1.03 bits per heavy atom. The number of carbonyl (C=O) groups is 1. The number of ether oxygens (including phenoxy) is 1. The van der Waals surface area contributed by atoms with E-state index in [1.165, 1.54) is 12.5 Å². The molecule has 0 unspecified atom stereocenters. The predicted molar refractivity (Wildman–Crippen MR) is 107 cm³/mol. The van der Waals surface area contributed by atoms with Crippen molar-refractivity contribution in [2.45, 2.75) is 25.7 Å². The van der Waals surface area contributed by atoms with E-state index < -0.39 is 35.2 Å². The summed E-state index contributed by atoms with van der Waals surface area (Å²) in [4.78, 5) is 12.8. The van der Waals surface area contributed by atoms with Crippen molar-refractivity contribution in [1.82, 2.24) is 4.57 Å². The van der Waals surface area contributed by atoms with Crippen LogP contribution < -0.4 is 5.32 Å². The molecule has 0 saturated carbocycles. The van der Waals surface area contributed by atoms with Crippen LogP contribution in [-0.2, 0) is 23.5 Å². The van der Waals surface area contributed by atoms with Crippen LogP contribution in [-0.4, -0.2) is 17.2 Å². The lowest BCUT2D eigenvalue weighted by Crippen LogP contribution is -2.20. The van der Waals surface area contributed by atoms with E-state index in [0.717, 1.165) is 10.1 Å². The predicted octanol–water partition coefficient (Wildman–Crippen LogP) is 6.85. The molecule has 32 heavy (non-hydrogen) atoms. The van der Waals surface area contributed by atoms with Crippen LogP contribution in [0.1, 0.15) is 23.6 Å². The summed E-state index contributed by atoms with van der Waals surface area (Å²) in [7, 11) is 0. The van der Waals surface area contributed by atoms with Crippen molar-refractivity contribution in [3.8, 4) is 0 Å². The summed E-state index contributed by atoms with van der Waals surface area (Å²) < 4.78 is 84.9. The Bertz CT molecular complexity index is 1110. The third kappa shape index (κ3) is 5.24. The van der Waals surface area contributed by atoms with Crippen molar-refractivity contribution in [2.24, 2.45) is 0 Å². The molecule has 0 spiro atoms. The van der Waals surface area contributed by atoms with E-state index in [2.05, 4.69) is 5.32 Å². The minimum atomic E-state index is -5.01. The molecule has 0 fully saturated rings. The fourth-order valence-corrected chi connectivity index (χ4v) is 3.16. The van der Waals surface area contributed by atoms with Crippen LogP contribution in [0.15, 0.2) is 61.0 Å². The van der Waals surface area contributed by atoms with E-state index in [1.807, 2.05) is 0 Å². The number of fused-ring (bicyclic) bond motifs is 1. The molecule has 3 rings (SSSR count). The topological polar surface area (TPSA) is 43.3 Å². The minimum Gasteiger partial charge on any atom is -0.501 e. The van der Waals surface area contributed by atoms with Crippen molar-refractivity contribution in [1.29, 1.82) is 0 Å². The van der Waals surface area contributed by atoms with Gasteiger partial charge < -0.3 is 10.1 Å². The number of nitrogens with one attached hydrogen (secondary N) is 1. The third-order valence-electron chi connectivity index (χ3n) is 4.57. The average molecular weight is 456 g/mol. The first kappa shape index (κ1) is 23.2. The summed E-state index contributed by atoms with van der Waals surface area (Å²) in [5, 5.41) is 2.86. The second-order valence-corrected chi connectivity index (χ2v) is 6.86. The summed E-state index contributed by atoms with van der Waals surface area (Å²) in [6.45, 7) is 2.11. The van der Waals surface area contributed by atoms with Crippen LogP contribution in [0.5, 0.6) is 0 Å². The van der Waals surface area contributed by atoms with Crippen LogP contribution in [0.4, 0.5) is 36.8 Å². The number of hydrogen-bond acceptors (Lipinski definition) is 2. The van der Waals surface area contributed by atoms with Crippen LogP contribution >= 0.6 is 0 Å². The Balaban J connectivity index is 1.95. The number of aromatic nitrogens is 1. The van der Waals surface area contributed by atoms with Crippen molar-refractivity contribution in [2.75, 3.05) is 11.9 Å². The van der Waals surface area contributed by atoms with Crippen molar-refractivity contribution < 1.29 is 35.9 Å². The van der Waals surface area contributed by atoms with Crippen LogP contribution in [0.25, 0.3) is 10.9 Å². The van der Waals surface area contributed by atoms with Gasteiger partial charge in [-0.1, -0.05) is 24.3 Å². The molecule has 0 aliphatic carbocycles. The summed E-state index contributed by atoms with van der Waals surface area (Å²) in [6.07, 6.45) is -4.88. The summed E-state index contributed by atoms with van der Waals surface area (Å²) in [5.41, 5.74) is -2.45. The number of allylic oxidation sites excluding steroid dienone is 1. The Kier molecular flexibility index (Phi) is 6.52. The Hall–Kier alpha value is -3.43. The van der Waals surface area contributed by atoms with Crippen LogP contribution in [0.2, 0.25) is 0 Å². The molecular weight excluding hydrogens is 438 g/mol. The van der Waals surface area contributed by atoms with E-state index >= 15 is 0 Å². The number of rotatable bonds is 5. The highest BCUT2D eigenvalue weighted by Crippen LogP contribution is 2.37. The zero-order chi connectivity index (χ0) is 23.5. The average Bonchev–Trinajstić information content (AvgIpc) is 3.09. The maximum Gasteiger partial charge on any atom is 0.416 e. The van der Waals surface area contributed by atoms with E-state index in [-0.39, 0.29) is 6.07 Å². The molecule has 170 valence electrons. The van der Waals surface area contributed by atoms with Gasteiger partial charge in [-0.2, -0.15) is 26.3 Å². The van der Waals surface area contributed by atoms with Gasteiger partial charge in [-0.25, -0.2) is 4.79 Å². The largest absolute Gasteiger partial charge is 0.501 e. The zero-order valence-corrected chi connectivity index (χ0v) is 16.7. The number of halogens is 6. The second kappa shape index (κ2) is 8.97. The first-order chi connectivity index (χ1) is 15.0. The van der Waals surface area contributed by atoms with Crippen molar-refractivity contribution >= 4 is 22.6 Å². The number of nitrogens with zero attached hydrogens (tertiary/aromatic N) is 1. The normalized spacial score (nSPS) is 12.5. The Labute approximate surface area is 179 Å². The molecular formula is C22H18F6N2O2. The van der Waals surface area contributed by atoms with Gasteiger partial charge in [0, 0.05) is 23.7 Å². The molecule has 0 aliphatic rings. The highest BCUT2D eigenvalue weighted by atomic mass is 19.4. The monoisotopic (exact) mass is 456 g/mol. The van der Waals surface area contributed by atoms with Gasteiger partial charge in [0.15, 0.2) is 0 Å². The quantitative estimate of drug-likeness (QED) is 0.259. The molecule has 1 heterocycles. The lowest BCUT2D eigenvalue weighted by atomic mass is 10.1. The molecule has 0 atom stereocenters. The van der Waals surface area contributed by atoms with Crippen LogP contribution in [0.3, 0.4) is 0 Å². The molecule has 0 bridgehead atoms. The van der Waals surface area contributed by atoms with E-state index in [9.17, 15) is 31.1 Å².